The zero-order valence-electron chi connectivity index (χ0n) is 6.17. The molecule has 62 valence electrons. The minimum Gasteiger partial charge on any atom is -0.395 e. The molecule has 0 atom stereocenters. The molecule has 0 aromatic carbocycles. The minimum absolute atomic E-state index is 0.00951. The van der Waals surface area contributed by atoms with Crippen LogP contribution < -0.4 is 5.32 Å². The Hall–Kier alpha value is -0.160. The van der Waals surface area contributed by atoms with Gasteiger partial charge in [0.25, 0.3) is 0 Å². The summed E-state index contributed by atoms with van der Waals surface area (Å²) in [5, 5.41) is 28.6. The first kappa shape index (κ1) is 9.84. The fourth-order valence-corrected chi connectivity index (χ4v) is 0.519. The van der Waals surface area contributed by atoms with E-state index >= 15 is 0 Å². The second kappa shape index (κ2) is 4.62. The summed E-state index contributed by atoms with van der Waals surface area (Å²) in [7, 11) is 0. The van der Waals surface area contributed by atoms with Crippen molar-refractivity contribution in [3.05, 3.63) is 0 Å². The average molecular weight is 149 g/mol. The highest BCUT2D eigenvalue weighted by molar-refractivity contribution is 4.80. The number of aliphatic hydroxyl groups is 3. The number of rotatable bonds is 5. The maximum atomic E-state index is 8.71. The third kappa shape index (κ3) is 3.12. The highest BCUT2D eigenvalue weighted by Gasteiger charge is 2.20. The molecule has 0 aromatic rings. The average Bonchev–Trinajstić information content (AvgIpc) is 2.00. The molecule has 0 heterocycles. The molecular formula is C6H15NO3. The van der Waals surface area contributed by atoms with Crippen LogP contribution in [-0.2, 0) is 0 Å². The van der Waals surface area contributed by atoms with Crippen LogP contribution >= 0.6 is 0 Å². The molecule has 4 N–H and O–H groups in total. The molecule has 0 fully saturated rings. The summed E-state index contributed by atoms with van der Waals surface area (Å²) in [6.07, 6.45) is 0. The monoisotopic (exact) mass is 149 g/mol. The maximum absolute atomic E-state index is 8.71. The van der Waals surface area contributed by atoms with Crippen LogP contribution in [0.25, 0.3) is 0 Å². The molecule has 0 radical (unpaired) electrons. The predicted molar refractivity (Wildman–Crippen MR) is 37.7 cm³/mol. The number of aliphatic hydroxyl groups excluding tert-OH is 3. The van der Waals surface area contributed by atoms with E-state index in [1.165, 1.54) is 0 Å². The molecule has 0 rings (SSSR count). The van der Waals surface area contributed by atoms with Crippen LogP contribution in [0, 0.1) is 0 Å². The lowest BCUT2D eigenvalue weighted by Crippen LogP contribution is -2.49. The van der Waals surface area contributed by atoms with Crippen LogP contribution in [0.5, 0.6) is 0 Å². The quantitative estimate of drug-likeness (QED) is 0.376. The van der Waals surface area contributed by atoms with Crippen molar-refractivity contribution in [1.82, 2.24) is 5.32 Å². The van der Waals surface area contributed by atoms with Crippen molar-refractivity contribution in [1.29, 1.82) is 0 Å². The molecule has 4 heteroatoms. The molecule has 0 aliphatic heterocycles. The molecular weight excluding hydrogens is 134 g/mol. The number of hydrogen-bond acceptors (Lipinski definition) is 4. The van der Waals surface area contributed by atoms with Crippen molar-refractivity contribution in [3.8, 4) is 0 Å². The second-order valence-electron chi connectivity index (χ2n) is 2.53. The number of hydrogen-bond donors (Lipinski definition) is 4. The standard InChI is InChI=1S/C6H15NO3/c1-6(4-9,5-10)7-2-3-8/h7-10H,2-5H2,1H3. The van der Waals surface area contributed by atoms with Gasteiger partial charge in [0.05, 0.1) is 25.4 Å². The van der Waals surface area contributed by atoms with Gasteiger partial charge in [-0.15, -0.1) is 0 Å². The third-order valence-electron chi connectivity index (χ3n) is 1.36. The molecule has 0 unspecified atom stereocenters. The van der Waals surface area contributed by atoms with E-state index < -0.39 is 5.54 Å². The molecule has 0 bridgehead atoms. The van der Waals surface area contributed by atoms with Gasteiger partial charge in [0.15, 0.2) is 0 Å². The summed E-state index contributed by atoms with van der Waals surface area (Å²) in [5.41, 5.74) is -0.664. The first-order chi connectivity index (χ1) is 4.68. The van der Waals surface area contributed by atoms with Gasteiger partial charge in [-0.3, -0.25) is 0 Å². The fraction of sp³-hybridized carbons (Fsp3) is 1.00. The Morgan fingerprint density at radius 3 is 2.00 bits per heavy atom. The van der Waals surface area contributed by atoms with Gasteiger partial charge in [0.2, 0.25) is 0 Å². The van der Waals surface area contributed by atoms with Gasteiger partial charge in [-0.25, -0.2) is 0 Å². The largest absolute Gasteiger partial charge is 0.395 e. The normalized spacial score (nSPS) is 12.0. The van der Waals surface area contributed by atoms with Gasteiger partial charge in [-0.1, -0.05) is 0 Å². The lowest BCUT2D eigenvalue weighted by molar-refractivity contribution is 0.0993. The SMILES string of the molecule is CC(CO)(CO)NCCO. The van der Waals surface area contributed by atoms with Crippen molar-refractivity contribution < 1.29 is 15.3 Å². The summed E-state index contributed by atoms with van der Waals surface area (Å²) in [6.45, 7) is 1.81. The second-order valence-corrected chi connectivity index (χ2v) is 2.53. The van der Waals surface area contributed by atoms with E-state index in [0.717, 1.165) is 0 Å². The van der Waals surface area contributed by atoms with Gasteiger partial charge in [-0.05, 0) is 6.92 Å². The van der Waals surface area contributed by atoms with Gasteiger partial charge in [0, 0.05) is 6.54 Å². The van der Waals surface area contributed by atoms with Crippen molar-refractivity contribution in [3.63, 3.8) is 0 Å². The number of β-amino-alcohol motifs (C(OH)–C–C–N with tert-alkyl or cyclic N) is 1. The van der Waals surface area contributed by atoms with Crippen molar-refractivity contribution in [2.24, 2.45) is 0 Å². The van der Waals surface area contributed by atoms with Crippen LogP contribution in [0.1, 0.15) is 6.92 Å². The smallest absolute Gasteiger partial charge is 0.0633 e. The van der Waals surface area contributed by atoms with E-state index in [1.54, 1.807) is 6.92 Å². The Morgan fingerprint density at radius 2 is 1.70 bits per heavy atom. The summed E-state index contributed by atoms with van der Waals surface area (Å²) in [5.74, 6) is 0. The summed E-state index contributed by atoms with van der Waals surface area (Å²) < 4.78 is 0. The fourth-order valence-electron chi connectivity index (χ4n) is 0.519. The van der Waals surface area contributed by atoms with Crippen molar-refractivity contribution in [2.45, 2.75) is 12.5 Å². The van der Waals surface area contributed by atoms with Crippen LogP contribution in [0.2, 0.25) is 0 Å². The molecule has 0 saturated carbocycles. The number of nitrogens with one attached hydrogen (secondary N) is 1. The van der Waals surface area contributed by atoms with Gasteiger partial charge in [0.1, 0.15) is 0 Å². The maximum Gasteiger partial charge on any atom is 0.0633 e. The van der Waals surface area contributed by atoms with E-state index in [0.29, 0.717) is 6.54 Å². The van der Waals surface area contributed by atoms with Gasteiger partial charge in [-0.2, -0.15) is 0 Å². The molecule has 10 heavy (non-hydrogen) atoms. The molecule has 0 aliphatic rings. The molecule has 0 aromatic heterocycles. The van der Waals surface area contributed by atoms with Crippen molar-refractivity contribution >= 4 is 0 Å². The van der Waals surface area contributed by atoms with Crippen LogP contribution in [0.15, 0.2) is 0 Å². The third-order valence-corrected chi connectivity index (χ3v) is 1.36. The van der Waals surface area contributed by atoms with E-state index in [-0.39, 0.29) is 19.8 Å². The molecule has 0 amide bonds. The summed E-state index contributed by atoms with van der Waals surface area (Å²) in [4.78, 5) is 0. The molecule has 4 nitrogen and oxygen atoms in total. The highest BCUT2D eigenvalue weighted by atomic mass is 16.3. The first-order valence-corrected chi connectivity index (χ1v) is 3.26. The highest BCUT2D eigenvalue weighted by Crippen LogP contribution is 1.98. The Labute approximate surface area is 60.5 Å². The zero-order valence-corrected chi connectivity index (χ0v) is 6.17. The van der Waals surface area contributed by atoms with E-state index in [1.807, 2.05) is 0 Å². The molecule has 0 aliphatic carbocycles. The lowest BCUT2D eigenvalue weighted by atomic mass is 10.1. The summed E-state index contributed by atoms with van der Waals surface area (Å²) >= 11 is 0. The van der Waals surface area contributed by atoms with Crippen LogP contribution in [0.4, 0.5) is 0 Å². The molecule has 0 spiro atoms. The van der Waals surface area contributed by atoms with Gasteiger partial charge >= 0.3 is 0 Å². The Bertz CT molecular complexity index is 83.1. The first-order valence-electron chi connectivity index (χ1n) is 3.26. The Morgan fingerprint density at radius 1 is 1.20 bits per heavy atom. The van der Waals surface area contributed by atoms with E-state index in [2.05, 4.69) is 5.32 Å². The Kier molecular flexibility index (Phi) is 4.55. The Balaban J connectivity index is 3.58. The van der Waals surface area contributed by atoms with Crippen molar-refractivity contribution in [2.75, 3.05) is 26.4 Å². The predicted octanol–water partition coefficient (Wildman–Crippen LogP) is -1.69. The van der Waals surface area contributed by atoms with Crippen LogP contribution in [0.3, 0.4) is 0 Å². The molecule has 0 saturated heterocycles. The van der Waals surface area contributed by atoms with Crippen LogP contribution in [-0.4, -0.2) is 47.2 Å². The minimum atomic E-state index is -0.664. The lowest BCUT2D eigenvalue weighted by Gasteiger charge is -2.25. The van der Waals surface area contributed by atoms with E-state index in [4.69, 9.17) is 15.3 Å². The zero-order chi connectivity index (χ0) is 8.04. The van der Waals surface area contributed by atoms with E-state index in [9.17, 15) is 0 Å². The topological polar surface area (TPSA) is 72.7 Å². The summed E-state index contributed by atoms with van der Waals surface area (Å²) in [6, 6.07) is 0. The van der Waals surface area contributed by atoms with Gasteiger partial charge < -0.3 is 20.6 Å².